The predicted octanol–water partition coefficient (Wildman–Crippen LogP) is 3.93. The first-order valence-electron chi connectivity index (χ1n) is 6.98. The molecule has 0 fully saturated rings. The zero-order chi connectivity index (χ0) is 18.1. The number of fused-ring (bicyclic) bond motifs is 1. The molecule has 0 saturated carbocycles. The number of hydrogen-bond acceptors (Lipinski definition) is 4. The Morgan fingerprint density at radius 3 is 2.48 bits per heavy atom. The Morgan fingerprint density at radius 2 is 1.72 bits per heavy atom. The average Bonchev–Trinajstić information content (AvgIpc) is 2.54. The smallest absolute Gasteiger partial charge is 0.404 e. The number of alkyl halides is 3. The second-order valence-electron chi connectivity index (χ2n) is 4.98. The number of para-hydroxylation sites is 1. The van der Waals surface area contributed by atoms with E-state index in [0.29, 0.717) is 10.9 Å². The van der Waals surface area contributed by atoms with Crippen LogP contribution < -0.4 is 9.46 Å². The van der Waals surface area contributed by atoms with Gasteiger partial charge in [-0.2, -0.15) is 0 Å². The minimum absolute atomic E-state index is 0.201. The third kappa shape index (κ3) is 3.82. The lowest BCUT2D eigenvalue weighted by Gasteiger charge is -2.15. The highest BCUT2D eigenvalue weighted by Gasteiger charge is 2.34. The summed E-state index contributed by atoms with van der Waals surface area (Å²) >= 11 is 0. The van der Waals surface area contributed by atoms with E-state index in [0.717, 1.165) is 12.1 Å². The molecule has 0 aliphatic rings. The maximum absolute atomic E-state index is 12.6. The molecule has 1 N–H and O–H groups in total. The standard InChI is InChI=1S/C16H11F3N2O3S/c17-16(18,19)24-14-8-1-2-9-15(14)25(22,23)21-13-7-3-6-12-11(13)5-4-10-20-12/h1-10,21H. The lowest BCUT2D eigenvalue weighted by molar-refractivity contribution is -0.275. The molecule has 3 rings (SSSR count). The van der Waals surface area contributed by atoms with Gasteiger partial charge in [0.1, 0.15) is 10.6 Å². The van der Waals surface area contributed by atoms with Gasteiger partial charge in [-0.05, 0) is 36.4 Å². The van der Waals surface area contributed by atoms with Gasteiger partial charge in [0.25, 0.3) is 10.0 Å². The van der Waals surface area contributed by atoms with Crippen LogP contribution in [0.25, 0.3) is 10.9 Å². The largest absolute Gasteiger partial charge is 0.573 e. The molecule has 130 valence electrons. The summed E-state index contributed by atoms with van der Waals surface area (Å²) in [6.07, 6.45) is -3.46. The van der Waals surface area contributed by atoms with E-state index in [2.05, 4.69) is 14.4 Å². The number of pyridine rings is 1. The molecular weight excluding hydrogens is 357 g/mol. The molecule has 2 aromatic carbocycles. The van der Waals surface area contributed by atoms with Gasteiger partial charge in [-0.1, -0.05) is 18.2 Å². The molecule has 0 unspecified atom stereocenters. The van der Waals surface area contributed by atoms with E-state index >= 15 is 0 Å². The number of benzene rings is 2. The molecule has 0 amide bonds. The van der Waals surface area contributed by atoms with Gasteiger partial charge in [-0.15, -0.1) is 13.2 Å². The summed E-state index contributed by atoms with van der Waals surface area (Å²) < 4.78 is 68.7. The Labute approximate surface area is 141 Å². The molecule has 0 radical (unpaired) electrons. The molecule has 0 aliphatic carbocycles. The minimum Gasteiger partial charge on any atom is -0.404 e. The van der Waals surface area contributed by atoms with E-state index in [4.69, 9.17) is 0 Å². The fourth-order valence-electron chi connectivity index (χ4n) is 2.27. The van der Waals surface area contributed by atoms with Crippen LogP contribution in [0.4, 0.5) is 18.9 Å². The molecule has 0 saturated heterocycles. The zero-order valence-electron chi connectivity index (χ0n) is 12.5. The summed E-state index contributed by atoms with van der Waals surface area (Å²) in [5, 5.41) is 0.516. The molecule has 3 aromatic rings. The van der Waals surface area contributed by atoms with Crippen LogP contribution in [-0.4, -0.2) is 19.8 Å². The van der Waals surface area contributed by atoms with Crippen molar-refractivity contribution in [3.05, 3.63) is 60.8 Å². The van der Waals surface area contributed by atoms with Gasteiger partial charge >= 0.3 is 6.36 Å². The molecule has 0 spiro atoms. The van der Waals surface area contributed by atoms with Crippen molar-refractivity contribution in [3.63, 3.8) is 0 Å². The number of halogens is 3. The summed E-state index contributed by atoms with van der Waals surface area (Å²) in [4.78, 5) is 3.48. The quantitative estimate of drug-likeness (QED) is 0.758. The van der Waals surface area contributed by atoms with Gasteiger partial charge in [0.2, 0.25) is 0 Å². The monoisotopic (exact) mass is 368 g/mol. The van der Waals surface area contributed by atoms with Crippen molar-refractivity contribution in [2.24, 2.45) is 0 Å². The van der Waals surface area contributed by atoms with Crippen LogP contribution in [0.5, 0.6) is 5.75 Å². The third-order valence-corrected chi connectivity index (χ3v) is 4.66. The van der Waals surface area contributed by atoms with Gasteiger partial charge in [0.05, 0.1) is 11.2 Å². The Morgan fingerprint density at radius 1 is 0.960 bits per heavy atom. The predicted molar refractivity (Wildman–Crippen MR) is 85.7 cm³/mol. The van der Waals surface area contributed by atoms with Crippen LogP contribution >= 0.6 is 0 Å². The zero-order valence-corrected chi connectivity index (χ0v) is 13.3. The van der Waals surface area contributed by atoms with E-state index in [1.165, 1.54) is 18.2 Å². The van der Waals surface area contributed by atoms with Gasteiger partial charge in [0.15, 0.2) is 0 Å². The van der Waals surface area contributed by atoms with Crippen molar-refractivity contribution < 1.29 is 26.3 Å². The maximum atomic E-state index is 12.6. The number of sulfonamides is 1. The van der Waals surface area contributed by atoms with E-state index < -0.39 is 27.0 Å². The fraction of sp³-hybridized carbons (Fsp3) is 0.0625. The van der Waals surface area contributed by atoms with Crippen LogP contribution in [0.2, 0.25) is 0 Å². The topological polar surface area (TPSA) is 68.3 Å². The second-order valence-corrected chi connectivity index (χ2v) is 6.63. The summed E-state index contributed by atoms with van der Waals surface area (Å²) in [7, 11) is -4.31. The van der Waals surface area contributed by atoms with Crippen LogP contribution in [0.15, 0.2) is 65.7 Å². The van der Waals surface area contributed by atoms with Crippen LogP contribution in [-0.2, 0) is 10.0 Å². The molecule has 1 heterocycles. The highest BCUT2D eigenvalue weighted by molar-refractivity contribution is 7.92. The van der Waals surface area contributed by atoms with E-state index in [9.17, 15) is 21.6 Å². The summed E-state index contributed by atoms with van der Waals surface area (Å²) in [5.74, 6) is -0.805. The SMILES string of the molecule is O=S(=O)(Nc1cccc2ncccc12)c1ccccc1OC(F)(F)F. The van der Waals surface area contributed by atoms with Gasteiger partial charge in [0, 0.05) is 11.6 Å². The molecule has 9 heteroatoms. The first kappa shape index (κ1) is 17.0. The Hall–Kier alpha value is -2.81. The lowest BCUT2D eigenvalue weighted by Crippen LogP contribution is -2.21. The maximum Gasteiger partial charge on any atom is 0.573 e. The number of ether oxygens (including phenoxy) is 1. The number of nitrogens with zero attached hydrogens (tertiary/aromatic N) is 1. The summed E-state index contributed by atoms with van der Waals surface area (Å²) in [6.45, 7) is 0. The molecule has 25 heavy (non-hydrogen) atoms. The number of anilines is 1. The van der Waals surface area contributed by atoms with Crippen molar-refractivity contribution in [1.29, 1.82) is 0 Å². The number of aromatic nitrogens is 1. The van der Waals surface area contributed by atoms with E-state index in [1.807, 2.05) is 0 Å². The molecule has 0 bridgehead atoms. The fourth-order valence-corrected chi connectivity index (χ4v) is 3.48. The van der Waals surface area contributed by atoms with Crippen LogP contribution in [0.3, 0.4) is 0 Å². The minimum atomic E-state index is -5.00. The van der Waals surface area contributed by atoms with E-state index in [-0.39, 0.29) is 5.69 Å². The van der Waals surface area contributed by atoms with E-state index in [1.54, 1.807) is 30.5 Å². The number of hydrogen-bond donors (Lipinski definition) is 1. The Kier molecular flexibility index (Phi) is 4.25. The summed E-state index contributed by atoms with van der Waals surface area (Å²) in [6, 6.07) is 12.6. The lowest BCUT2D eigenvalue weighted by atomic mass is 10.2. The molecule has 0 aliphatic heterocycles. The van der Waals surface area contributed by atoms with Crippen molar-refractivity contribution in [3.8, 4) is 5.75 Å². The Bertz CT molecular complexity index is 1020. The first-order chi connectivity index (χ1) is 11.8. The molecule has 1 aromatic heterocycles. The van der Waals surface area contributed by atoms with Crippen molar-refractivity contribution >= 4 is 26.6 Å². The van der Waals surface area contributed by atoms with Crippen molar-refractivity contribution in [1.82, 2.24) is 4.98 Å². The van der Waals surface area contributed by atoms with Crippen molar-refractivity contribution in [2.45, 2.75) is 11.3 Å². The molecule has 0 atom stereocenters. The van der Waals surface area contributed by atoms with Gasteiger partial charge < -0.3 is 4.74 Å². The second kappa shape index (κ2) is 6.25. The van der Waals surface area contributed by atoms with Crippen molar-refractivity contribution in [2.75, 3.05) is 4.72 Å². The normalized spacial score (nSPS) is 12.1. The van der Waals surface area contributed by atoms with Crippen LogP contribution in [0.1, 0.15) is 0 Å². The van der Waals surface area contributed by atoms with Gasteiger partial charge in [-0.3, -0.25) is 9.71 Å². The Balaban J connectivity index is 2.03. The molecular formula is C16H11F3N2O3S. The highest BCUT2D eigenvalue weighted by Crippen LogP contribution is 2.31. The third-order valence-electron chi connectivity index (χ3n) is 3.25. The average molecular weight is 368 g/mol. The number of rotatable bonds is 4. The number of nitrogens with one attached hydrogen (secondary N) is 1. The summed E-state index contributed by atoms with van der Waals surface area (Å²) in [5.41, 5.74) is 0.745. The molecule has 5 nitrogen and oxygen atoms in total. The highest BCUT2D eigenvalue weighted by atomic mass is 32.2. The van der Waals surface area contributed by atoms with Gasteiger partial charge in [-0.25, -0.2) is 8.42 Å². The van der Waals surface area contributed by atoms with Crippen LogP contribution in [0, 0.1) is 0 Å². The first-order valence-corrected chi connectivity index (χ1v) is 8.46.